The van der Waals surface area contributed by atoms with E-state index in [9.17, 15) is 19.0 Å². The lowest BCUT2D eigenvalue weighted by molar-refractivity contribution is 0.0399. The fourth-order valence-electron chi connectivity index (χ4n) is 2.41. The maximum atomic E-state index is 13.8. The topological polar surface area (TPSA) is 61.5 Å². The first-order valence-corrected chi connectivity index (χ1v) is 7.28. The summed E-state index contributed by atoms with van der Waals surface area (Å²) in [5, 5.41) is 22.8. The minimum absolute atomic E-state index is 0.136. The summed E-state index contributed by atoms with van der Waals surface area (Å²) >= 11 is 0. The number of halogens is 2. The van der Waals surface area contributed by atoms with Crippen LogP contribution in [0, 0.1) is 17.0 Å². The number of hydrogen-bond acceptors (Lipinski definition) is 4. The molecular weight excluding hydrogens is 304 g/mol. The second-order valence-electron chi connectivity index (χ2n) is 6.12. The van der Waals surface area contributed by atoms with Gasteiger partial charge in [0.2, 0.25) is 0 Å². The van der Waals surface area contributed by atoms with E-state index < -0.39 is 17.0 Å². The second kappa shape index (κ2) is 7.16. The van der Waals surface area contributed by atoms with Crippen LogP contribution in [0.2, 0.25) is 0 Å². The zero-order valence-corrected chi connectivity index (χ0v) is 13.2. The third kappa shape index (κ3) is 4.13. The highest BCUT2D eigenvalue weighted by Crippen LogP contribution is 2.19. The molecule has 1 aromatic heterocycles. The van der Waals surface area contributed by atoms with Gasteiger partial charge in [0.25, 0.3) is 0 Å². The van der Waals surface area contributed by atoms with Gasteiger partial charge in [0.1, 0.15) is 5.69 Å². The maximum Gasteiger partial charge on any atom is 0.151 e. The zero-order chi connectivity index (χ0) is 17.0. The third-order valence-corrected chi connectivity index (χ3v) is 3.66. The van der Waals surface area contributed by atoms with Gasteiger partial charge in [-0.1, -0.05) is 13.0 Å². The fraction of sp³-hybridized carbons (Fsp3) is 0.438. The van der Waals surface area contributed by atoms with Crippen molar-refractivity contribution < 1.29 is 19.0 Å². The standard InChI is InChI=1S/C16H21F2N3O2/c1-16(10-22,11-23)9-20(2)8-12-6-7-21(19-12)15-13(17)4-3-5-14(15)18/h3-7,22-23H,8-11H2,1-2H3. The molecule has 2 rings (SSSR count). The van der Waals surface area contributed by atoms with Crippen molar-refractivity contribution in [2.45, 2.75) is 13.5 Å². The zero-order valence-electron chi connectivity index (χ0n) is 13.2. The summed E-state index contributed by atoms with van der Waals surface area (Å²) in [5.74, 6) is -1.36. The van der Waals surface area contributed by atoms with Gasteiger partial charge in [-0.15, -0.1) is 0 Å². The Hall–Kier alpha value is -1.83. The number of aliphatic hydroxyl groups is 2. The average Bonchev–Trinajstić information content (AvgIpc) is 2.94. The monoisotopic (exact) mass is 325 g/mol. The SMILES string of the molecule is CN(Cc1ccn(-c2c(F)cccc2F)n1)CC(C)(CO)CO. The van der Waals surface area contributed by atoms with Gasteiger partial charge >= 0.3 is 0 Å². The molecule has 23 heavy (non-hydrogen) atoms. The molecule has 0 unspecified atom stereocenters. The van der Waals surface area contributed by atoms with Crippen molar-refractivity contribution in [1.29, 1.82) is 0 Å². The second-order valence-corrected chi connectivity index (χ2v) is 6.12. The molecule has 0 aliphatic heterocycles. The van der Waals surface area contributed by atoms with Crippen molar-refractivity contribution in [2.24, 2.45) is 5.41 Å². The largest absolute Gasteiger partial charge is 0.396 e. The van der Waals surface area contributed by atoms with E-state index in [2.05, 4.69) is 5.10 Å². The highest BCUT2D eigenvalue weighted by atomic mass is 19.1. The summed E-state index contributed by atoms with van der Waals surface area (Å²) in [7, 11) is 1.83. The molecule has 0 atom stereocenters. The number of aromatic nitrogens is 2. The van der Waals surface area contributed by atoms with Crippen LogP contribution in [0.5, 0.6) is 0 Å². The molecule has 0 aliphatic carbocycles. The summed E-state index contributed by atoms with van der Waals surface area (Å²) < 4.78 is 28.7. The number of rotatable bonds is 7. The Morgan fingerprint density at radius 2 is 1.78 bits per heavy atom. The predicted octanol–water partition coefficient (Wildman–Crippen LogP) is 1.57. The number of hydrogen-bond donors (Lipinski definition) is 2. The lowest BCUT2D eigenvalue weighted by Crippen LogP contribution is -2.38. The van der Waals surface area contributed by atoms with Crippen LogP contribution in [0.1, 0.15) is 12.6 Å². The van der Waals surface area contributed by atoms with Crippen molar-refractivity contribution in [2.75, 3.05) is 26.8 Å². The van der Waals surface area contributed by atoms with Gasteiger partial charge in [0, 0.05) is 24.7 Å². The molecule has 5 nitrogen and oxygen atoms in total. The van der Waals surface area contributed by atoms with E-state index in [1.54, 1.807) is 13.0 Å². The van der Waals surface area contributed by atoms with E-state index in [1.807, 2.05) is 11.9 Å². The highest BCUT2D eigenvalue weighted by Gasteiger charge is 2.24. The average molecular weight is 325 g/mol. The van der Waals surface area contributed by atoms with E-state index in [-0.39, 0.29) is 18.9 Å². The predicted molar refractivity (Wildman–Crippen MR) is 82.1 cm³/mol. The molecule has 0 bridgehead atoms. The Morgan fingerprint density at radius 3 is 2.35 bits per heavy atom. The Morgan fingerprint density at radius 1 is 1.17 bits per heavy atom. The molecule has 0 spiro atoms. The van der Waals surface area contributed by atoms with Crippen LogP contribution in [0.4, 0.5) is 8.78 Å². The Balaban J connectivity index is 2.11. The van der Waals surface area contributed by atoms with Crippen LogP contribution in [0.15, 0.2) is 30.5 Å². The first-order chi connectivity index (χ1) is 10.9. The third-order valence-electron chi connectivity index (χ3n) is 3.66. The Labute approximate surface area is 133 Å². The van der Waals surface area contributed by atoms with Crippen molar-refractivity contribution in [3.8, 4) is 5.69 Å². The van der Waals surface area contributed by atoms with E-state index in [0.717, 1.165) is 0 Å². The van der Waals surface area contributed by atoms with Crippen molar-refractivity contribution >= 4 is 0 Å². The molecule has 0 radical (unpaired) electrons. The summed E-state index contributed by atoms with van der Waals surface area (Å²) in [6, 6.07) is 5.34. The van der Waals surface area contributed by atoms with Crippen LogP contribution >= 0.6 is 0 Å². The molecule has 126 valence electrons. The quantitative estimate of drug-likeness (QED) is 0.811. The summed E-state index contributed by atoms with van der Waals surface area (Å²) in [6.07, 6.45) is 1.50. The van der Waals surface area contributed by atoms with Crippen LogP contribution in [0.25, 0.3) is 5.69 Å². The van der Waals surface area contributed by atoms with Gasteiger partial charge in [-0.2, -0.15) is 5.10 Å². The molecule has 1 aromatic carbocycles. The van der Waals surface area contributed by atoms with Crippen molar-refractivity contribution in [1.82, 2.24) is 14.7 Å². The van der Waals surface area contributed by atoms with E-state index in [4.69, 9.17) is 0 Å². The molecular formula is C16H21F2N3O2. The smallest absolute Gasteiger partial charge is 0.151 e. The van der Waals surface area contributed by atoms with E-state index >= 15 is 0 Å². The molecule has 2 aromatic rings. The van der Waals surface area contributed by atoms with Gasteiger partial charge in [-0.05, 0) is 25.2 Å². The molecule has 0 aliphatic rings. The summed E-state index contributed by atoms with van der Waals surface area (Å²) in [6.45, 7) is 2.39. The molecule has 2 N–H and O–H groups in total. The Kier molecular flexibility index (Phi) is 5.46. The van der Waals surface area contributed by atoms with Crippen LogP contribution < -0.4 is 0 Å². The van der Waals surface area contributed by atoms with Crippen LogP contribution in [-0.4, -0.2) is 51.7 Å². The fourth-order valence-corrected chi connectivity index (χ4v) is 2.41. The highest BCUT2D eigenvalue weighted by molar-refractivity contribution is 5.34. The molecule has 1 heterocycles. The first-order valence-electron chi connectivity index (χ1n) is 7.28. The van der Waals surface area contributed by atoms with Gasteiger partial charge in [-0.25, -0.2) is 13.5 Å². The molecule has 0 saturated carbocycles. The van der Waals surface area contributed by atoms with Crippen LogP contribution in [0.3, 0.4) is 0 Å². The minimum Gasteiger partial charge on any atom is -0.396 e. The first kappa shape index (κ1) is 17.5. The molecule has 7 heteroatoms. The number of benzene rings is 1. The van der Waals surface area contributed by atoms with Crippen molar-refractivity contribution in [3.05, 3.63) is 47.8 Å². The van der Waals surface area contributed by atoms with E-state index in [1.165, 1.54) is 29.1 Å². The number of nitrogens with zero attached hydrogens (tertiary/aromatic N) is 3. The van der Waals surface area contributed by atoms with Crippen LogP contribution in [-0.2, 0) is 6.54 Å². The number of para-hydroxylation sites is 1. The normalized spacial score (nSPS) is 12.1. The van der Waals surface area contributed by atoms with Gasteiger partial charge in [-0.3, -0.25) is 4.90 Å². The minimum atomic E-state index is -0.679. The molecule has 0 fully saturated rings. The van der Waals surface area contributed by atoms with Crippen molar-refractivity contribution in [3.63, 3.8) is 0 Å². The molecule has 0 saturated heterocycles. The summed E-state index contributed by atoms with van der Waals surface area (Å²) in [5.41, 5.74) is -0.194. The van der Waals surface area contributed by atoms with Gasteiger partial charge in [0.15, 0.2) is 11.6 Å². The summed E-state index contributed by atoms with van der Waals surface area (Å²) in [4.78, 5) is 1.89. The van der Waals surface area contributed by atoms with Gasteiger partial charge in [0.05, 0.1) is 18.9 Å². The lowest BCUT2D eigenvalue weighted by atomic mass is 9.92. The molecule has 0 amide bonds. The maximum absolute atomic E-state index is 13.8. The lowest BCUT2D eigenvalue weighted by Gasteiger charge is -2.29. The van der Waals surface area contributed by atoms with E-state index in [0.29, 0.717) is 18.8 Å². The van der Waals surface area contributed by atoms with Gasteiger partial charge < -0.3 is 10.2 Å². The Bertz CT molecular complexity index is 636. The number of aliphatic hydroxyl groups excluding tert-OH is 2.